The summed E-state index contributed by atoms with van der Waals surface area (Å²) >= 11 is 11.9. The van der Waals surface area contributed by atoms with Crippen LogP contribution in [0.25, 0.3) is 33.3 Å². The molecule has 0 bridgehead atoms. The maximum atomic E-state index is 13.2. The minimum atomic E-state index is -4.58. The summed E-state index contributed by atoms with van der Waals surface area (Å²) in [6, 6.07) is 27.4. The number of benzene rings is 4. The number of hydrogen-bond acceptors (Lipinski definition) is 9. The Morgan fingerprint density at radius 2 is 1.22 bits per heavy atom. The van der Waals surface area contributed by atoms with Gasteiger partial charge in [-0.25, -0.2) is 0 Å². The van der Waals surface area contributed by atoms with Crippen LogP contribution in [-0.2, 0) is 6.18 Å². The molecule has 2 atom stereocenters. The van der Waals surface area contributed by atoms with Crippen LogP contribution in [0.3, 0.4) is 0 Å². The Labute approximate surface area is 339 Å². The molecule has 2 saturated heterocycles. The molecule has 0 unspecified atom stereocenters. The van der Waals surface area contributed by atoms with E-state index in [0.29, 0.717) is 64.4 Å². The molecule has 0 spiro atoms. The quantitative estimate of drug-likeness (QED) is 0.161. The van der Waals surface area contributed by atoms with Gasteiger partial charge in [-0.15, -0.1) is 0 Å². The average molecular weight is 829 g/mol. The highest BCUT2D eigenvalue weighted by Gasteiger charge is 2.37. The smallest absolute Gasteiger partial charge is 0.417 e. The number of halogens is 5. The monoisotopic (exact) mass is 827 g/mol. The molecule has 7 aromatic rings. The summed E-state index contributed by atoms with van der Waals surface area (Å²) < 4.78 is 50.9. The van der Waals surface area contributed by atoms with Crippen molar-refractivity contribution in [3.05, 3.63) is 136 Å². The van der Waals surface area contributed by atoms with Crippen LogP contribution >= 0.6 is 23.2 Å². The van der Waals surface area contributed by atoms with Gasteiger partial charge < -0.3 is 29.3 Å². The van der Waals surface area contributed by atoms with Crippen LogP contribution in [0.5, 0.6) is 0 Å². The van der Waals surface area contributed by atoms with Gasteiger partial charge in [-0.05, 0) is 66.9 Å². The zero-order valence-corrected chi connectivity index (χ0v) is 32.1. The van der Waals surface area contributed by atoms with E-state index in [2.05, 4.69) is 25.6 Å². The Bertz CT molecular complexity index is 2600. The average Bonchev–Trinajstić information content (AvgIpc) is 4.05. The number of carbonyl (C=O) groups is 2. The minimum absolute atomic E-state index is 0.0168. The van der Waals surface area contributed by atoms with Crippen molar-refractivity contribution >= 4 is 69.2 Å². The van der Waals surface area contributed by atoms with Gasteiger partial charge in [-0.2, -0.15) is 23.1 Å². The molecule has 296 valence electrons. The number of pyridine rings is 1. The van der Waals surface area contributed by atoms with E-state index in [4.69, 9.17) is 32.0 Å². The molecule has 2 aliphatic heterocycles. The summed E-state index contributed by atoms with van der Waals surface area (Å²) in [5, 5.41) is 7.53. The number of nitrogens with zero attached hydrogens (tertiary/aromatic N) is 5. The van der Waals surface area contributed by atoms with Gasteiger partial charge in [-0.3, -0.25) is 14.6 Å². The van der Waals surface area contributed by atoms with Crippen molar-refractivity contribution in [1.29, 1.82) is 0 Å². The highest BCUT2D eigenvalue weighted by Crippen LogP contribution is 2.33. The summed E-state index contributed by atoms with van der Waals surface area (Å²) in [5.74, 6) is -0.621. The first-order chi connectivity index (χ1) is 28.0. The summed E-state index contributed by atoms with van der Waals surface area (Å²) in [4.78, 5) is 42.1. The third-order valence-corrected chi connectivity index (χ3v) is 10.4. The summed E-state index contributed by atoms with van der Waals surface area (Å²) in [5.41, 5.74) is 3.79. The van der Waals surface area contributed by atoms with Crippen molar-refractivity contribution in [3.63, 3.8) is 0 Å². The van der Waals surface area contributed by atoms with E-state index in [1.807, 2.05) is 47.4 Å². The zero-order chi connectivity index (χ0) is 40.4. The lowest BCUT2D eigenvalue weighted by Crippen LogP contribution is -2.33. The molecule has 2 fully saturated rings. The van der Waals surface area contributed by atoms with Crippen molar-refractivity contribution in [2.24, 2.45) is 0 Å². The number of alkyl halides is 3. The molecule has 2 N–H and O–H groups in total. The van der Waals surface area contributed by atoms with E-state index in [-0.39, 0.29) is 36.1 Å². The fourth-order valence-electron chi connectivity index (χ4n) is 7.10. The van der Waals surface area contributed by atoms with Crippen molar-refractivity contribution in [2.75, 3.05) is 36.8 Å². The maximum absolute atomic E-state index is 13.2. The Balaban J connectivity index is 0.000000162. The van der Waals surface area contributed by atoms with E-state index >= 15 is 0 Å². The number of rotatable bonds is 7. The Kier molecular flexibility index (Phi) is 10.9. The second-order valence-electron chi connectivity index (χ2n) is 13.9. The lowest BCUT2D eigenvalue weighted by molar-refractivity contribution is -0.138. The number of fused-ring (bicyclic) bond motifs is 2. The first-order valence-electron chi connectivity index (χ1n) is 18.4. The molecule has 4 aromatic carbocycles. The van der Waals surface area contributed by atoms with E-state index in [9.17, 15) is 22.8 Å². The van der Waals surface area contributed by atoms with E-state index in [1.165, 1.54) is 23.1 Å². The van der Waals surface area contributed by atoms with Crippen LogP contribution in [0.2, 0.25) is 10.0 Å². The third kappa shape index (κ3) is 8.58. The number of nitrogens with one attached hydrogen (secondary N) is 2. The SMILES string of the molecule is O=C(c1ccccc1-c1cccnc1)N1CC[C@@H](Nc2nc3ccc(Cl)cc3o2)C1.O=C(c1ccccc1C(F)(F)F)N1CC[C@@H](Nc2nc3ccc(Cl)cc3o2)C1. The minimum Gasteiger partial charge on any atom is -0.423 e. The molecule has 16 heteroatoms. The Hall–Kier alpha value is -6.12. The van der Waals surface area contributed by atoms with Gasteiger partial charge >= 0.3 is 6.18 Å². The van der Waals surface area contributed by atoms with Gasteiger partial charge in [0.05, 0.1) is 11.1 Å². The van der Waals surface area contributed by atoms with Gasteiger partial charge in [-0.1, -0.05) is 59.6 Å². The van der Waals surface area contributed by atoms with Crippen molar-refractivity contribution in [3.8, 4) is 11.1 Å². The first-order valence-corrected chi connectivity index (χ1v) is 19.1. The number of anilines is 2. The molecular weight excluding hydrogens is 794 g/mol. The lowest BCUT2D eigenvalue weighted by atomic mass is 10.0. The number of oxazole rings is 2. The molecule has 3 aromatic heterocycles. The first kappa shape index (κ1) is 38.7. The normalized spacial score (nSPS) is 16.7. The molecule has 2 amide bonds. The predicted octanol–water partition coefficient (Wildman–Crippen LogP) is 9.70. The predicted molar refractivity (Wildman–Crippen MR) is 215 cm³/mol. The molecule has 0 radical (unpaired) electrons. The summed E-state index contributed by atoms with van der Waals surface area (Å²) in [6.45, 7) is 1.85. The molecule has 58 heavy (non-hydrogen) atoms. The second-order valence-corrected chi connectivity index (χ2v) is 14.7. The van der Waals surface area contributed by atoms with Crippen molar-refractivity contribution < 1.29 is 31.6 Å². The highest BCUT2D eigenvalue weighted by molar-refractivity contribution is 6.31. The second kappa shape index (κ2) is 16.4. The summed E-state index contributed by atoms with van der Waals surface area (Å²) in [6.07, 6.45) is 0.313. The van der Waals surface area contributed by atoms with Crippen LogP contribution < -0.4 is 10.6 Å². The van der Waals surface area contributed by atoms with Crippen LogP contribution in [0, 0.1) is 0 Å². The molecule has 0 saturated carbocycles. The van der Waals surface area contributed by atoms with Crippen LogP contribution in [0.4, 0.5) is 25.2 Å². The number of aromatic nitrogens is 3. The Morgan fingerprint density at radius 1 is 0.690 bits per heavy atom. The number of likely N-dealkylation sites (tertiary alicyclic amines) is 2. The van der Waals surface area contributed by atoms with Crippen LogP contribution in [0.1, 0.15) is 39.1 Å². The number of carbonyl (C=O) groups excluding carboxylic acids is 2. The molecule has 0 aliphatic carbocycles. The Morgan fingerprint density at radius 3 is 1.78 bits per heavy atom. The van der Waals surface area contributed by atoms with Crippen LogP contribution in [-0.4, -0.2) is 74.8 Å². The summed E-state index contributed by atoms with van der Waals surface area (Å²) in [7, 11) is 0. The van der Waals surface area contributed by atoms with Crippen LogP contribution in [0.15, 0.2) is 118 Å². The molecular formula is C42H34Cl2F3N7O4. The zero-order valence-electron chi connectivity index (χ0n) is 30.5. The van der Waals surface area contributed by atoms with Gasteiger partial charge in [0.1, 0.15) is 11.0 Å². The molecule has 2 aliphatic rings. The highest BCUT2D eigenvalue weighted by atomic mass is 35.5. The molecule has 5 heterocycles. The molecule has 11 nitrogen and oxygen atoms in total. The molecule has 9 rings (SSSR count). The van der Waals surface area contributed by atoms with Crippen molar-refractivity contribution in [1.82, 2.24) is 24.8 Å². The van der Waals surface area contributed by atoms with Crippen molar-refractivity contribution in [2.45, 2.75) is 31.1 Å². The number of amides is 2. The van der Waals surface area contributed by atoms with E-state index in [0.717, 1.165) is 29.1 Å². The standard InChI is InChI=1S/C23H19ClN4O2.C19H15ClF3N3O2/c24-16-7-8-20-21(12-16)30-23(27-20)26-17-9-11-28(14-17)22(29)19-6-2-1-5-18(19)15-4-3-10-25-13-15;20-11-5-6-15-16(9-11)28-18(25-15)24-12-7-8-26(10-12)17(27)13-3-1-2-4-14(13)19(21,22)23/h1-8,10,12-13,17H,9,11,14H2,(H,26,27);1-6,9,12H,7-8,10H2,(H,24,25)/t17-;12-/m11/s1. The largest absolute Gasteiger partial charge is 0.423 e. The fraction of sp³-hybridized carbons (Fsp3) is 0.214. The topological polar surface area (TPSA) is 130 Å². The van der Waals surface area contributed by atoms with E-state index in [1.54, 1.807) is 42.7 Å². The van der Waals surface area contributed by atoms with Gasteiger partial charge in [0.25, 0.3) is 23.8 Å². The maximum Gasteiger partial charge on any atom is 0.417 e. The number of hydrogen-bond donors (Lipinski definition) is 2. The fourth-order valence-corrected chi connectivity index (χ4v) is 7.42. The van der Waals surface area contributed by atoms with Gasteiger partial charge in [0.2, 0.25) is 0 Å². The third-order valence-electron chi connectivity index (χ3n) is 9.90. The lowest BCUT2D eigenvalue weighted by Gasteiger charge is -2.19. The van der Waals surface area contributed by atoms with E-state index < -0.39 is 17.6 Å². The van der Waals surface area contributed by atoms with Gasteiger partial charge in [0, 0.05) is 84.0 Å². The van der Waals surface area contributed by atoms with Gasteiger partial charge in [0.15, 0.2) is 11.2 Å².